The van der Waals surface area contributed by atoms with Crippen LogP contribution in [-0.4, -0.2) is 23.1 Å². The molecule has 36 heavy (non-hydrogen) atoms. The standard InChI is InChI=1S/C17H26O2.C15H22O2/c1-10(2)16(18)19-17(11(3)4)14-6-12-5-13(8-14)9-15(17)7-12;1-3-14(16)17-15(4-2)12-6-10-5-11(8-12)9-13(15)7-10/h11-15H,1,5-9H2,2-4H3;3,10-13H,1,4-9H2,2H3. The minimum atomic E-state index is -0.223. The van der Waals surface area contributed by atoms with Crippen LogP contribution in [0.2, 0.25) is 0 Å². The number of hydrogen-bond acceptors (Lipinski definition) is 4. The van der Waals surface area contributed by atoms with E-state index in [0.29, 0.717) is 35.2 Å². The minimum Gasteiger partial charge on any atom is -0.455 e. The fourth-order valence-corrected chi connectivity index (χ4v) is 10.4. The van der Waals surface area contributed by atoms with E-state index in [1.807, 2.05) is 0 Å². The monoisotopic (exact) mass is 496 g/mol. The van der Waals surface area contributed by atoms with Crippen LogP contribution in [-0.2, 0) is 19.1 Å². The molecule has 0 spiro atoms. The van der Waals surface area contributed by atoms with Gasteiger partial charge in [0.2, 0.25) is 0 Å². The highest BCUT2D eigenvalue weighted by Crippen LogP contribution is 2.62. The SMILES string of the molecule is C=C(C)C(=O)OC1(C(C)C)C2CC3CC(C2)CC1C3.C=CC(=O)OC1(CC)C2CC3CC(C2)CC1C3. The maximum absolute atomic E-state index is 12.1. The molecule has 200 valence electrons. The molecular formula is C32H48O4. The van der Waals surface area contributed by atoms with E-state index in [0.717, 1.165) is 30.1 Å². The first-order valence-electron chi connectivity index (χ1n) is 14.8. The van der Waals surface area contributed by atoms with Gasteiger partial charge in [0.1, 0.15) is 11.2 Å². The number of esters is 2. The van der Waals surface area contributed by atoms with Gasteiger partial charge in [0.05, 0.1) is 0 Å². The van der Waals surface area contributed by atoms with E-state index >= 15 is 0 Å². The van der Waals surface area contributed by atoms with Crippen molar-refractivity contribution < 1.29 is 19.1 Å². The van der Waals surface area contributed by atoms with E-state index in [2.05, 4.69) is 33.9 Å². The summed E-state index contributed by atoms with van der Waals surface area (Å²) in [5, 5.41) is 0. The van der Waals surface area contributed by atoms with Crippen molar-refractivity contribution in [1.82, 2.24) is 0 Å². The van der Waals surface area contributed by atoms with Gasteiger partial charge in [-0.1, -0.05) is 33.9 Å². The molecule has 8 fully saturated rings. The molecule has 0 N–H and O–H groups in total. The average Bonchev–Trinajstić information content (AvgIpc) is 2.83. The molecule has 8 rings (SSSR count). The van der Waals surface area contributed by atoms with Crippen LogP contribution < -0.4 is 0 Å². The summed E-state index contributed by atoms with van der Waals surface area (Å²) in [7, 11) is 0. The Labute approximate surface area is 218 Å². The van der Waals surface area contributed by atoms with Gasteiger partial charge in [-0.15, -0.1) is 0 Å². The third kappa shape index (κ3) is 4.19. The van der Waals surface area contributed by atoms with Gasteiger partial charge in [-0.2, -0.15) is 0 Å². The second-order valence-electron chi connectivity index (χ2n) is 13.7. The summed E-state index contributed by atoms with van der Waals surface area (Å²) in [6.45, 7) is 15.7. The first-order chi connectivity index (χ1) is 17.1. The lowest BCUT2D eigenvalue weighted by atomic mass is 9.47. The Hall–Kier alpha value is -1.58. The second-order valence-corrected chi connectivity index (χ2v) is 13.7. The Morgan fingerprint density at radius 1 is 0.806 bits per heavy atom. The first kappa shape index (κ1) is 26.0. The van der Waals surface area contributed by atoms with Crippen molar-refractivity contribution in [2.75, 3.05) is 0 Å². The van der Waals surface area contributed by atoms with Crippen molar-refractivity contribution in [1.29, 1.82) is 0 Å². The van der Waals surface area contributed by atoms with Crippen LogP contribution in [0.15, 0.2) is 24.8 Å². The van der Waals surface area contributed by atoms with Gasteiger partial charge in [-0.25, -0.2) is 9.59 Å². The quantitative estimate of drug-likeness (QED) is 0.286. The molecule has 0 atom stereocenters. The van der Waals surface area contributed by atoms with Crippen molar-refractivity contribution in [2.45, 2.75) is 110 Å². The summed E-state index contributed by atoms with van der Waals surface area (Å²) in [5.41, 5.74) is 0.177. The summed E-state index contributed by atoms with van der Waals surface area (Å²) in [5.74, 6) is 6.06. The molecule has 0 aromatic carbocycles. The molecule has 0 unspecified atom stereocenters. The van der Waals surface area contributed by atoms with Crippen LogP contribution in [0, 0.1) is 53.3 Å². The lowest BCUT2D eigenvalue weighted by molar-refractivity contribution is -0.221. The van der Waals surface area contributed by atoms with Crippen molar-refractivity contribution in [2.24, 2.45) is 53.3 Å². The van der Waals surface area contributed by atoms with E-state index in [9.17, 15) is 9.59 Å². The smallest absolute Gasteiger partial charge is 0.333 e. The molecule has 8 saturated carbocycles. The Morgan fingerprint density at radius 2 is 1.22 bits per heavy atom. The van der Waals surface area contributed by atoms with Crippen molar-refractivity contribution >= 4 is 11.9 Å². The molecule has 0 amide bonds. The minimum absolute atomic E-state index is 0.154. The zero-order valence-electron chi connectivity index (χ0n) is 23.1. The number of rotatable bonds is 6. The Kier molecular flexibility index (Phi) is 6.96. The largest absolute Gasteiger partial charge is 0.455 e. The lowest BCUT2D eigenvalue weighted by Gasteiger charge is -2.61. The summed E-state index contributed by atoms with van der Waals surface area (Å²) in [4.78, 5) is 23.8. The average molecular weight is 497 g/mol. The topological polar surface area (TPSA) is 52.6 Å². The third-order valence-corrected chi connectivity index (χ3v) is 11.5. The number of carbonyl (C=O) groups excluding carboxylic acids is 2. The maximum atomic E-state index is 12.1. The molecule has 0 aromatic rings. The van der Waals surface area contributed by atoms with Crippen LogP contribution in [0.4, 0.5) is 0 Å². The zero-order valence-corrected chi connectivity index (χ0v) is 23.1. The van der Waals surface area contributed by atoms with E-state index < -0.39 is 0 Å². The van der Waals surface area contributed by atoms with Crippen LogP contribution in [0.5, 0.6) is 0 Å². The maximum Gasteiger partial charge on any atom is 0.333 e. The number of hydrogen-bond donors (Lipinski definition) is 0. The Bertz CT molecular complexity index is 842. The zero-order chi connectivity index (χ0) is 25.8. The normalized spacial score (nSPS) is 45.1. The third-order valence-electron chi connectivity index (χ3n) is 11.5. The first-order valence-corrected chi connectivity index (χ1v) is 14.8. The molecule has 0 saturated heterocycles. The number of ether oxygens (including phenoxy) is 2. The van der Waals surface area contributed by atoms with E-state index in [4.69, 9.17) is 9.47 Å². The predicted molar refractivity (Wildman–Crippen MR) is 142 cm³/mol. The molecule has 8 bridgehead atoms. The van der Waals surface area contributed by atoms with E-state index in [-0.39, 0.29) is 23.1 Å². The molecule has 0 aliphatic heterocycles. The molecule has 0 aromatic heterocycles. The summed E-state index contributed by atoms with van der Waals surface area (Å²) >= 11 is 0. The fourth-order valence-electron chi connectivity index (χ4n) is 10.4. The van der Waals surface area contributed by atoms with Crippen molar-refractivity contribution in [3.05, 3.63) is 24.8 Å². The van der Waals surface area contributed by atoms with Crippen LogP contribution in [0.3, 0.4) is 0 Å². The molecule has 8 aliphatic rings. The molecule has 0 heterocycles. The predicted octanol–water partition coefficient (Wildman–Crippen LogP) is 7.28. The highest BCUT2D eigenvalue weighted by molar-refractivity contribution is 5.87. The molecule has 4 nitrogen and oxygen atoms in total. The molecule has 0 radical (unpaired) electrons. The number of carbonyl (C=O) groups is 2. The second kappa shape index (κ2) is 9.62. The van der Waals surface area contributed by atoms with Crippen LogP contribution >= 0.6 is 0 Å². The van der Waals surface area contributed by atoms with E-state index in [1.54, 1.807) is 6.92 Å². The van der Waals surface area contributed by atoms with Crippen molar-refractivity contribution in [3.63, 3.8) is 0 Å². The Morgan fingerprint density at radius 3 is 1.56 bits per heavy atom. The lowest BCUT2D eigenvalue weighted by Crippen LogP contribution is -2.62. The van der Waals surface area contributed by atoms with Crippen molar-refractivity contribution in [3.8, 4) is 0 Å². The summed E-state index contributed by atoms with van der Waals surface area (Å²) in [6, 6.07) is 0. The van der Waals surface area contributed by atoms with Crippen LogP contribution in [0.1, 0.15) is 98.3 Å². The van der Waals surface area contributed by atoms with Gasteiger partial charge in [0.15, 0.2) is 0 Å². The highest BCUT2D eigenvalue weighted by Gasteiger charge is 2.61. The molecule has 8 aliphatic carbocycles. The summed E-state index contributed by atoms with van der Waals surface area (Å²) in [6.07, 6.45) is 15.4. The fraction of sp³-hybridized carbons (Fsp3) is 0.812. The van der Waals surface area contributed by atoms with Gasteiger partial charge in [-0.3, -0.25) is 0 Å². The molecule has 4 heteroatoms. The van der Waals surface area contributed by atoms with Gasteiger partial charge in [-0.05, 0) is 131 Å². The highest BCUT2D eigenvalue weighted by atomic mass is 16.6. The van der Waals surface area contributed by atoms with Gasteiger partial charge in [0, 0.05) is 11.6 Å². The van der Waals surface area contributed by atoms with E-state index in [1.165, 1.54) is 70.3 Å². The summed E-state index contributed by atoms with van der Waals surface area (Å²) < 4.78 is 12.0. The van der Waals surface area contributed by atoms with Gasteiger partial charge >= 0.3 is 11.9 Å². The van der Waals surface area contributed by atoms with Gasteiger partial charge in [0.25, 0.3) is 0 Å². The Balaban J connectivity index is 0.000000149. The van der Waals surface area contributed by atoms with Gasteiger partial charge < -0.3 is 9.47 Å². The van der Waals surface area contributed by atoms with Crippen LogP contribution in [0.25, 0.3) is 0 Å². The molecular weight excluding hydrogens is 448 g/mol.